The second kappa shape index (κ2) is 7.28. The molecule has 0 saturated heterocycles. The molecule has 0 spiro atoms. The Balaban J connectivity index is 2.35. The number of hydrogen-bond acceptors (Lipinski definition) is 6. The van der Waals surface area contributed by atoms with Gasteiger partial charge < -0.3 is 14.9 Å². The van der Waals surface area contributed by atoms with E-state index in [-0.39, 0.29) is 5.41 Å². The first-order valence-corrected chi connectivity index (χ1v) is 7.33. The Kier molecular flexibility index (Phi) is 6.00. The van der Waals surface area contributed by atoms with Crippen LogP contribution in [0.15, 0.2) is 4.52 Å². The van der Waals surface area contributed by atoms with E-state index in [1.165, 1.54) is 11.8 Å². The van der Waals surface area contributed by atoms with Crippen molar-refractivity contribution in [3.63, 3.8) is 0 Å². The van der Waals surface area contributed by atoms with Crippen LogP contribution in [0.4, 0.5) is 0 Å². The number of amides is 1. The van der Waals surface area contributed by atoms with Gasteiger partial charge in [-0.2, -0.15) is 16.7 Å². The summed E-state index contributed by atoms with van der Waals surface area (Å²) in [6.07, 6.45) is 0.746. The Morgan fingerprint density at radius 1 is 1.55 bits per heavy atom. The van der Waals surface area contributed by atoms with Crippen molar-refractivity contribution in [2.24, 2.45) is 0 Å². The minimum absolute atomic E-state index is 0.158. The molecule has 0 radical (unpaired) electrons. The Morgan fingerprint density at radius 2 is 2.25 bits per heavy atom. The van der Waals surface area contributed by atoms with Gasteiger partial charge in [0.1, 0.15) is 6.04 Å². The summed E-state index contributed by atoms with van der Waals surface area (Å²) < 4.78 is 5.12. The molecule has 7 nitrogen and oxygen atoms in total. The molecule has 0 bridgehead atoms. The third kappa shape index (κ3) is 5.20. The number of aliphatic carboxylic acids is 1. The van der Waals surface area contributed by atoms with Crippen molar-refractivity contribution in [3.05, 3.63) is 11.7 Å². The number of nitrogens with zero attached hydrogens (tertiary/aromatic N) is 2. The predicted molar refractivity (Wildman–Crippen MR) is 74.4 cm³/mol. The molecule has 1 aromatic rings. The maximum atomic E-state index is 10.8. The zero-order valence-electron chi connectivity index (χ0n) is 11.8. The van der Waals surface area contributed by atoms with E-state index in [2.05, 4.69) is 15.5 Å². The van der Waals surface area contributed by atoms with E-state index in [1.807, 2.05) is 20.8 Å². The third-order valence-electron chi connectivity index (χ3n) is 2.48. The van der Waals surface area contributed by atoms with Gasteiger partial charge in [-0.25, -0.2) is 4.79 Å². The van der Waals surface area contributed by atoms with Crippen LogP contribution >= 0.6 is 11.8 Å². The molecule has 0 fully saturated rings. The predicted octanol–water partition coefficient (Wildman–Crippen LogP) is 1.19. The average Bonchev–Trinajstić information content (AvgIpc) is 2.81. The molecule has 0 aliphatic rings. The zero-order valence-corrected chi connectivity index (χ0v) is 12.6. The Bertz CT molecular complexity index is 456. The standard InChI is InChI=1S/C12H19N3O4S/c1-12(2,3)11-14-9(19-15-11)6-20-5-4-8(10(17)18)13-7-16/h7-8H,4-6H2,1-3H3,(H,13,16)(H,17,18). The van der Waals surface area contributed by atoms with Gasteiger partial charge in [0.15, 0.2) is 5.82 Å². The highest BCUT2D eigenvalue weighted by Gasteiger charge is 2.21. The summed E-state index contributed by atoms with van der Waals surface area (Å²) in [5, 5.41) is 15.0. The summed E-state index contributed by atoms with van der Waals surface area (Å²) in [4.78, 5) is 25.3. The Hall–Kier alpha value is -1.57. The van der Waals surface area contributed by atoms with E-state index in [4.69, 9.17) is 9.63 Å². The number of carbonyl (C=O) groups excluding carboxylic acids is 1. The number of carboxylic acid groups (broad SMARTS) is 1. The molecule has 0 aliphatic heterocycles. The average molecular weight is 301 g/mol. The van der Waals surface area contributed by atoms with E-state index in [0.717, 1.165) is 0 Å². The highest BCUT2D eigenvalue weighted by Crippen LogP contribution is 2.20. The van der Waals surface area contributed by atoms with E-state index in [1.54, 1.807) is 0 Å². The van der Waals surface area contributed by atoms with Gasteiger partial charge in [0.05, 0.1) is 5.75 Å². The lowest BCUT2D eigenvalue weighted by atomic mass is 9.96. The minimum Gasteiger partial charge on any atom is -0.480 e. The first kappa shape index (κ1) is 16.5. The van der Waals surface area contributed by atoms with Gasteiger partial charge in [-0.05, 0) is 12.2 Å². The van der Waals surface area contributed by atoms with Gasteiger partial charge in [-0.3, -0.25) is 4.79 Å². The lowest BCUT2D eigenvalue weighted by Crippen LogP contribution is -2.36. The summed E-state index contributed by atoms with van der Waals surface area (Å²) in [5.74, 6) is 1.24. The number of thioether (sulfide) groups is 1. The number of carbonyl (C=O) groups is 2. The number of rotatable bonds is 8. The van der Waals surface area contributed by atoms with Crippen LogP contribution in [0.2, 0.25) is 0 Å². The number of carboxylic acids is 1. The Labute approximate surface area is 121 Å². The number of aromatic nitrogens is 2. The lowest BCUT2D eigenvalue weighted by Gasteiger charge is -2.11. The molecule has 1 heterocycles. The molecular formula is C12H19N3O4S. The molecule has 20 heavy (non-hydrogen) atoms. The maximum Gasteiger partial charge on any atom is 0.326 e. The SMILES string of the molecule is CC(C)(C)c1noc(CSCCC(NC=O)C(=O)O)n1. The summed E-state index contributed by atoms with van der Waals surface area (Å²) in [5.41, 5.74) is -0.158. The zero-order chi connectivity index (χ0) is 15.2. The van der Waals surface area contributed by atoms with Crippen molar-refractivity contribution in [3.8, 4) is 0 Å². The van der Waals surface area contributed by atoms with Crippen LogP contribution in [0.25, 0.3) is 0 Å². The van der Waals surface area contributed by atoms with Gasteiger partial charge in [0.2, 0.25) is 12.3 Å². The number of nitrogens with one attached hydrogen (secondary N) is 1. The molecule has 0 aliphatic carbocycles. The molecule has 112 valence electrons. The normalized spacial score (nSPS) is 12.9. The fraction of sp³-hybridized carbons (Fsp3) is 0.667. The highest BCUT2D eigenvalue weighted by molar-refractivity contribution is 7.98. The first-order chi connectivity index (χ1) is 9.34. The fourth-order valence-electron chi connectivity index (χ4n) is 1.34. The largest absolute Gasteiger partial charge is 0.480 e. The molecule has 0 saturated carbocycles. The second-order valence-electron chi connectivity index (χ2n) is 5.28. The van der Waals surface area contributed by atoms with Crippen molar-refractivity contribution in [2.75, 3.05) is 5.75 Å². The molecule has 2 N–H and O–H groups in total. The fourth-order valence-corrected chi connectivity index (χ4v) is 2.18. The van der Waals surface area contributed by atoms with Crippen LogP contribution in [0.5, 0.6) is 0 Å². The second-order valence-corrected chi connectivity index (χ2v) is 6.38. The quantitative estimate of drug-likeness (QED) is 0.548. The van der Waals surface area contributed by atoms with Crippen molar-refractivity contribution in [1.29, 1.82) is 0 Å². The molecule has 1 unspecified atom stereocenters. The van der Waals surface area contributed by atoms with Crippen molar-refractivity contribution < 1.29 is 19.2 Å². The lowest BCUT2D eigenvalue weighted by molar-refractivity contribution is -0.140. The van der Waals surface area contributed by atoms with Gasteiger partial charge >= 0.3 is 5.97 Å². The molecule has 8 heteroatoms. The Morgan fingerprint density at radius 3 is 2.75 bits per heavy atom. The first-order valence-electron chi connectivity index (χ1n) is 6.18. The van der Waals surface area contributed by atoms with Crippen LogP contribution in [0.1, 0.15) is 38.9 Å². The molecule has 1 rings (SSSR count). The van der Waals surface area contributed by atoms with Gasteiger partial charge in [0.25, 0.3) is 0 Å². The smallest absolute Gasteiger partial charge is 0.326 e. The van der Waals surface area contributed by atoms with Gasteiger partial charge in [0, 0.05) is 5.41 Å². The molecule has 1 amide bonds. The van der Waals surface area contributed by atoms with Crippen LogP contribution in [-0.2, 0) is 20.8 Å². The number of hydrogen-bond donors (Lipinski definition) is 2. The maximum absolute atomic E-state index is 10.8. The topological polar surface area (TPSA) is 105 Å². The van der Waals surface area contributed by atoms with Crippen LogP contribution in [0.3, 0.4) is 0 Å². The van der Waals surface area contributed by atoms with E-state index < -0.39 is 12.0 Å². The molecule has 1 aromatic heterocycles. The minimum atomic E-state index is -1.04. The van der Waals surface area contributed by atoms with Crippen LogP contribution in [-0.4, -0.2) is 39.4 Å². The summed E-state index contributed by atoms with van der Waals surface area (Å²) in [6, 6.07) is -0.854. The van der Waals surface area contributed by atoms with E-state index in [9.17, 15) is 9.59 Å². The van der Waals surface area contributed by atoms with Crippen molar-refractivity contribution >= 4 is 24.1 Å². The summed E-state index contributed by atoms with van der Waals surface area (Å²) in [7, 11) is 0. The third-order valence-corrected chi connectivity index (χ3v) is 3.46. The van der Waals surface area contributed by atoms with E-state index >= 15 is 0 Å². The molecule has 0 aromatic carbocycles. The van der Waals surface area contributed by atoms with Crippen LogP contribution < -0.4 is 5.32 Å². The van der Waals surface area contributed by atoms with Crippen LogP contribution in [0, 0.1) is 0 Å². The highest BCUT2D eigenvalue weighted by atomic mass is 32.2. The summed E-state index contributed by atoms with van der Waals surface area (Å²) in [6.45, 7) is 5.99. The molecular weight excluding hydrogens is 282 g/mol. The van der Waals surface area contributed by atoms with Gasteiger partial charge in [-0.15, -0.1) is 0 Å². The van der Waals surface area contributed by atoms with E-state index in [0.29, 0.717) is 36.1 Å². The summed E-state index contributed by atoms with van der Waals surface area (Å²) >= 11 is 1.49. The monoisotopic (exact) mass is 301 g/mol. The van der Waals surface area contributed by atoms with Crippen molar-refractivity contribution in [2.45, 2.75) is 44.4 Å². The van der Waals surface area contributed by atoms with Gasteiger partial charge in [-0.1, -0.05) is 25.9 Å². The molecule has 1 atom stereocenters. The van der Waals surface area contributed by atoms with Crippen molar-refractivity contribution in [1.82, 2.24) is 15.5 Å².